The van der Waals surface area contributed by atoms with E-state index in [4.69, 9.17) is 5.26 Å². The molecule has 1 heterocycles. The van der Waals surface area contributed by atoms with Gasteiger partial charge < -0.3 is 0 Å². The molecule has 0 aliphatic carbocycles. The summed E-state index contributed by atoms with van der Waals surface area (Å²) in [5.74, 6) is 0. The molecule has 1 unspecified atom stereocenters. The van der Waals surface area contributed by atoms with Crippen LogP contribution in [-0.4, -0.2) is 30.2 Å². The Morgan fingerprint density at radius 3 is 2.50 bits per heavy atom. The van der Waals surface area contributed by atoms with Gasteiger partial charge >= 0.3 is 0 Å². The van der Waals surface area contributed by atoms with Crippen LogP contribution in [0.1, 0.15) is 19.3 Å². The van der Waals surface area contributed by atoms with Crippen LogP contribution < -0.4 is 0 Å². The molecule has 1 aliphatic rings. The SMILES string of the molecule is N#CC1CCCCN1S(=O)(=O)c1ccc([N+](=O)[O-])cc1. The summed E-state index contributed by atoms with van der Waals surface area (Å²) >= 11 is 0. The Morgan fingerprint density at radius 1 is 1.30 bits per heavy atom. The molecule has 0 saturated carbocycles. The molecule has 0 amide bonds. The Hall–Kier alpha value is -1.98. The first-order chi connectivity index (χ1) is 9.46. The third-order valence-electron chi connectivity index (χ3n) is 3.26. The van der Waals surface area contributed by atoms with Crippen molar-refractivity contribution in [3.8, 4) is 6.07 Å². The second-order valence-corrected chi connectivity index (χ2v) is 6.40. The zero-order valence-corrected chi connectivity index (χ0v) is 11.4. The highest BCUT2D eigenvalue weighted by Gasteiger charge is 2.33. The van der Waals surface area contributed by atoms with Gasteiger partial charge in [-0.2, -0.15) is 9.57 Å². The molecular formula is C12H13N3O4S. The lowest BCUT2D eigenvalue weighted by Crippen LogP contribution is -2.42. The fraction of sp³-hybridized carbons (Fsp3) is 0.417. The molecule has 1 saturated heterocycles. The summed E-state index contributed by atoms with van der Waals surface area (Å²) in [4.78, 5) is 9.95. The number of benzene rings is 1. The monoisotopic (exact) mass is 295 g/mol. The average molecular weight is 295 g/mol. The van der Waals surface area contributed by atoms with Crippen LogP contribution in [0.5, 0.6) is 0 Å². The summed E-state index contributed by atoms with van der Waals surface area (Å²) in [5.41, 5.74) is -0.167. The van der Waals surface area contributed by atoms with E-state index >= 15 is 0 Å². The van der Waals surface area contributed by atoms with E-state index in [0.717, 1.165) is 18.6 Å². The van der Waals surface area contributed by atoms with E-state index < -0.39 is 21.0 Å². The first kappa shape index (κ1) is 14.4. The Kier molecular flexibility index (Phi) is 4.01. The van der Waals surface area contributed by atoms with Gasteiger partial charge in [-0.05, 0) is 31.4 Å². The maximum absolute atomic E-state index is 12.4. The van der Waals surface area contributed by atoms with Crippen molar-refractivity contribution in [3.05, 3.63) is 34.4 Å². The number of sulfonamides is 1. The summed E-state index contributed by atoms with van der Waals surface area (Å²) in [5, 5.41) is 19.6. The number of piperidine rings is 1. The number of nitro benzene ring substituents is 1. The van der Waals surface area contributed by atoms with E-state index in [1.807, 2.05) is 6.07 Å². The Bertz CT molecular complexity index is 648. The molecule has 106 valence electrons. The molecule has 0 N–H and O–H groups in total. The number of hydrogen-bond acceptors (Lipinski definition) is 5. The van der Waals surface area contributed by atoms with Crippen molar-refractivity contribution >= 4 is 15.7 Å². The van der Waals surface area contributed by atoms with Crippen LogP contribution in [-0.2, 0) is 10.0 Å². The van der Waals surface area contributed by atoms with Crippen LogP contribution in [0.15, 0.2) is 29.2 Å². The Labute approximate surface area is 116 Å². The van der Waals surface area contributed by atoms with E-state index in [1.54, 1.807) is 0 Å². The minimum atomic E-state index is -3.78. The van der Waals surface area contributed by atoms with E-state index in [0.29, 0.717) is 19.4 Å². The minimum absolute atomic E-state index is 0.0229. The van der Waals surface area contributed by atoms with E-state index in [-0.39, 0.29) is 10.6 Å². The lowest BCUT2D eigenvalue weighted by atomic mass is 10.1. The van der Waals surface area contributed by atoms with Crippen molar-refractivity contribution in [2.45, 2.75) is 30.2 Å². The smallest absolute Gasteiger partial charge is 0.258 e. The van der Waals surface area contributed by atoms with Crippen molar-refractivity contribution in [2.75, 3.05) is 6.54 Å². The molecule has 7 nitrogen and oxygen atoms in total. The van der Waals surface area contributed by atoms with Crippen molar-refractivity contribution in [3.63, 3.8) is 0 Å². The second-order valence-electron chi connectivity index (χ2n) is 4.51. The molecule has 1 atom stereocenters. The van der Waals surface area contributed by atoms with Crippen molar-refractivity contribution < 1.29 is 13.3 Å². The molecule has 0 aromatic heterocycles. The lowest BCUT2D eigenvalue weighted by molar-refractivity contribution is -0.384. The van der Waals surface area contributed by atoms with Gasteiger partial charge in [0.05, 0.1) is 15.9 Å². The van der Waals surface area contributed by atoms with Crippen LogP contribution in [0, 0.1) is 21.4 Å². The van der Waals surface area contributed by atoms with E-state index in [1.165, 1.54) is 16.4 Å². The highest BCUT2D eigenvalue weighted by Crippen LogP contribution is 2.26. The zero-order chi connectivity index (χ0) is 14.8. The van der Waals surface area contributed by atoms with Crippen LogP contribution in [0.2, 0.25) is 0 Å². The molecule has 1 aromatic rings. The van der Waals surface area contributed by atoms with Crippen molar-refractivity contribution in [2.24, 2.45) is 0 Å². The molecule has 8 heteroatoms. The Morgan fingerprint density at radius 2 is 1.95 bits per heavy atom. The summed E-state index contributed by atoms with van der Waals surface area (Å²) in [7, 11) is -3.78. The lowest BCUT2D eigenvalue weighted by Gasteiger charge is -2.30. The molecule has 1 aliphatic heterocycles. The Balaban J connectivity index is 2.34. The summed E-state index contributed by atoms with van der Waals surface area (Å²) in [6, 6.07) is 6.05. The summed E-state index contributed by atoms with van der Waals surface area (Å²) < 4.78 is 26.1. The molecule has 20 heavy (non-hydrogen) atoms. The van der Waals surface area contributed by atoms with E-state index in [2.05, 4.69) is 0 Å². The third-order valence-corrected chi connectivity index (χ3v) is 5.18. The van der Waals surface area contributed by atoms with E-state index in [9.17, 15) is 18.5 Å². The predicted octanol–water partition coefficient (Wildman–Crippen LogP) is 1.66. The number of hydrogen-bond donors (Lipinski definition) is 0. The van der Waals surface area contributed by atoms with Gasteiger partial charge in [-0.1, -0.05) is 0 Å². The number of rotatable bonds is 3. The predicted molar refractivity (Wildman–Crippen MR) is 70.2 cm³/mol. The van der Waals surface area contributed by atoms with Crippen molar-refractivity contribution in [1.82, 2.24) is 4.31 Å². The first-order valence-electron chi connectivity index (χ1n) is 6.13. The topological polar surface area (TPSA) is 104 Å². The number of nitrogens with zero attached hydrogens (tertiary/aromatic N) is 3. The molecular weight excluding hydrogens is 282 g/mol. The molecule has 0 radical (unpaired) electrons. The highest BCUT2D eigenvalue weighted by molar-refractivity contribution is 7.89. The first-order valence-corrected chi connectivity index (χ1v) is 7.57. The number of nitro groups is 1. The van der Waals surface area contributed by atoms with Crippen LogP contribution in [0.25, 0.3) is 0 Å². The van der Waals surface area contributed by atoms with Gasteiger partial charge in [0.2, 0.25) is 10.0 Å². The maximum atomic E-state index is 12.4. The van der Waals surface area contributed by atoms with Gasteiger partial charge in [-0.3, -0.25) is 10.1 Å². The molecule has 0 bridgehead atoms. The number of non-ortho nitro benzene ring substituents is 1. The van der Waals surface area contributed by atoms with Gasteiger partial charge in [0, 0.05) is 18.7 Å². The highest BCUT2D eigenvalue weighted by atomic mass is 32.2. The maximum Gasteiger partial charge on any atom is 0.269 e. The minimum Gasteiger partial charge on any atom is -0.258 e. The van der Waals surface area contributed by atoms with Gasteiger partial charge in [-0.25, -0.2) is 8.42 Å². The van der Waals surface area contributed by atoms with Gasteiger partial charge in [0.15, 0.2) is 0 Å². The fourth-order valence-electron chi connectivity index (χ4n) is 2.20. The molecule has 2 rings (SSSR count). The quantitative estimate of drug-likeness (QED) is 0.623. The van der Waals surface area contributed by atoms with Gasteiger partial charge in [0.25, 0.3) is 5.69 Å². The van der Waals surface area contributed by atoms with Crippen LogP contribution in [0.3, 0.4) is 0 Å². The molecule has 1 fully saturated rings. The van der Waals surface area contributed by atoms with Crippen molar-refractivity contribution in [1.29, 1.82) is 5.26 Å². The summed E-state index contributed by atoms with van der Waals surface area (Å²) in [6.07, 6.45) is 2.05. The largest absolute Gasteiger partial charge is 0.269 e. The number of nitriles is 1. The summed E-state index contributed by atoms with van der Waals surface area (Å²) in [6.45, 7) is 0.303. The zero-order valence-electron chi connectivity index (χ0n) is 10.6. The van der Waals surface area contributed by atoms with Gasteiger partial charge in [-0.15, -0.1) is 0 Å². The average Bonchev–Trinajstić information content (AvgIpc) is 2.47. The standard InChI is InChI=1S/C12H13N3O4S/c13-9-11-3-1-2-8-14(11)20(18,19)12-6-4-10(5-7-12)15(16)17/h4-7,11H,1-3,8H2. The van der Waals surface area contributed by atoms with Crippen LogP contribution >= 0.6 is 0 Å². The van der Waals surface area contributed by atoms with Crippen LogP contribution in [0.4, 0.5) is 5.69 Å². The fourth-order valence-corrected chi connectivity index (χ4v) is 3.80. The normalized spacial score (nSPS) is 20.2. The third kappa shape index (κ3) is 2.64. The molecule has 0 spiro atoms. The van der Waals surface area contributed by atoms with Gasteiger partial charge in [0.1, 0.15) is 6.04 Å². The molecule has 1 aromatic carbocycles. The second kappa shape index (κ2) is 5.56.